The van der Waals surface area contributed by atoms with Gasteiger partial charge in [0.15, 0.2) is 11.4 Å². The topological polar surface area (TPSA) is 12.5 Å². The van der Waals surface area contributed by atoms with Crippen LogP contribution in [0.2, 0.25) is 0 Å². The summed E-state index contributed by atoms with van der Waals surface area (Å²) in [5, 5.41) is 5.15. The molecule has 0 spiro atoms. The minimum atomic E-state index is -0.336. The van der Waals surface area contributed by atoms with Crippen molar-refractivity contribution >= 4 is 55.7 Å². The molecule has 9 aromatic rings. The quantitative estimate of drug-likeness (QED) is 0.0893. The van der Waals surface area contributed by atoms with Crippen LogP contribution >= 0.6 is 0 Å². The highest BCUT2D eigenvalue weighted by atomic mass is 127. The molecule has 0 saturated heterocycles. The standard InChI is InChI=1S/C76H72N4.2HI/c1-73(2)63-47-45-57-29-15-17-31-59(57)71(63)79(7)67(73)37-23-39-69-75(49-53-25-11-9-12-26-53,61-33-19-21-35-65(61)77(69)5)51-55-41-43-56(44-42-55)52-76(50-54-27-13-10-14-28-54)62-34-20-22-36-66(62)78(6)70(76)40-24-38-68-74(3,4)64-48-46-58-30-16-18-32-60(58)72(64)80(68)8;;/h9-48H,49-52H2,1-8H3;2*1H/q+2;;/p-2. The van der Waals surface area contributed by atoms with Gasteiger partial charge in [-0.1, -0.05) is 194 Å². The van der Waals surface area contributed by atoms with Crippen molar-refractivity contribution in [1.82, 2.24) is 0 Å². The first-order chi connectivity index (χ1) is 38.8. The summed E-state index contributed by atoms with van der Waals surface area (Å²) in [5.41, 5.74) is 20.2. The number of allylic oxidation sites excluding steroid dienone is 8. The Morgan fingerprint density at radius 2 is 0.695 bits per heavy atom. The molecule has 2 atom stereocenters. The van der Waals surface area contributed by atoms with Crippen molar-refractivity contribution in [2.45, 2.75) is 75.0 Å². The largest absolute Gasteiger partial charge is 1.00 e. The Morgan fingerprint density at radius 3 is 1.09 bits per heavy atom. The molecule has 0 radical (unpaired) electrons. The van der Waals surface area contributed by atoms with Gasteiger partial charge >= 0.3 is 0 Å². The van der Waals surface area contributed by atoms with E-state index in [0.29, 0.717) is 0 Å². The number of benzene rings is 9. The maximum absolute atomic E-state index is 2.46. The van der Waals surface area contributed by atoms with Crippen LogP contribution in [0, 0.1) is 0 Å². The van der Waals surface area contributed by atoms with E-state index in [9.17, 15) is 0 Å². The molecule has 0 amide bonds. The zero-order valence-electron chi connectivity index (χ0n) is 48.5. The van der Waals surface area contributed by atoms with Crippen molar-refractivity contribution in [3.05, 3.63) is 299 Å². The summed E-state index contributed by atoms with van der Waals surface area (Å²) in [4.78, 5) is 4.92. The molecule has 0 N–H and O–H groups in total. The Bertz CT molecular complexity index is 3860. The van der Waals surface area contributed by atoms with Crippen molar-refractivity contribution in [2.75, 3.05) is 38.0 Å². The van der Waals surface area contributed by atoms with Crippen LogP contribution in [0.25, 0.3) is 21.5 Å². The maximum atomic E-state index is 2.46. The van der Waals surface area contributed by atoms with Crippen LogP contribution in [-0.2, 0) is 47.3 Å². The summed E-state index contributed by atoms with van der Waals surface area (Å²) in [6.45, 7) is 9.48. The van der Waals surface area contributed by atoms with E-state index in [0.717, 1.165) is 25.7 Å². The molecule has 0 saturated carbocycles. The van der Waals surface area contributed by atoms with Gasteiger partial charge in [-0.3, -0.25) is 0 Å². The summed E-state index contributed by atoms with van der Waals surface area (Å²) in [6.07, 6.45) is 17.7. The van der Waals surface area contributed by atoms with Gasteiger partial charge in [0.25, 0.3) is 0 Å². The third-order valence-electron chi connectivity index (χ3n) is 18.8. The summed E-state index contributed by atoms with van der Waals surface area (Å²) in [7, 11) is 9.02. The van der Waals surface area contributed by atoms with Crippen molar-refractivity contribution < 1.29 is 57.1 Å². The van der Waals surface area contributed by atoms with Gasteiger partial charge in [-0.2, -0.15) is 9.15 Å². The normalized spacial score (nSPS) is 20.3. The van der Waals surface area contributed by atoms with Crippen LogP contribution in [-0.4, -0.2) is 48.8 Å². The maximum Gasteiger partial charge on any atom is 0.217 e. The number of para-hydroxylation sites is 2. The minimum absolute atomic E-state index is 0. The fourth-order valence-electron chi connectivity index (χ4n) is 15.0. The Balaban J connectivity index is 0.00000353. The Kier molecular flexibility index (Phi) is 15.4. The van der Waals surface area contributed by atoms with Crippen LogP contribution in [0.5, 0.6) is 0 Å². The van der Waals surface area contributed by atoms with E-state index in [1.807, 2.05) is 0 Å². The van der Waals surface area contributed by atoms with Crippen LogP contribution in [0.15, 0.2) is 254 Å². The number of rotatable bonds is 12. The van der Waals surface area contributed by atoms with E-state index in [4.69, 9.17) is 0 Å². The van der Waals surface area contributed by atoms with E-state index < -0.39 is 0 Å². The van der Waals surface area contributed by atoms with Gasteiger partial charge in [0.2, 0.25) is 11.4 Å². The SMILES string of the molecule is CN1C(=CC=CC2=[N+](C)c3c(ccc4ccccc34)C2(C)C)C(Cc2ccccc2)(Cc2ccc(CC3(Cc4ccccc4)C(=CC=CC4=[N+](C)c5c(ccc6ccccc56)C4(C)C)N(C)c4ccccc43)cc2)c2ccccc21.[I-].[I-]. The molecular weight excluding hydrogens is 1220 g/mol. The smallest absolute Gasteiger partial charge is 0.217 e. The second kappa shape index (κ2) is 22.2. The lowest BCUT2D eigenvalue weighted by Crippen LogP contribution is -3.00. The number of likely N-dealkylation sites (N-methyl/N-ethyl adjacent to an activating group) is 2. The summed E-state index contributed by atoms with van der Waals surface area (Å²) in [5.74, 6) is 0. The van der Waals surface area contributed by atoms with Crippen molar-refractivity contribution in [1.29, 1.82) is 0 Å². The third-order valence-corrected chi connectivity index (χ3v) is 18.8. The zero-order valence-corrected chi connectivity index (χ0v) is 52.8. The number of hydrogen-bond donors (Lipinski definition) is 0. The van der Waals surface area contributed by atoms with E-state index in [-0.39, 0.29) is 69.6 Å². The molecule has 4 aliphatic heterocycles. The molecule has 4 nitrogen and oxygen atoms in total. The fraction of sp³-hybridized carbons (Fsp3) is 0.211. The van der Waals surface area contributed by atoms with Crippen LogP contribution in [0.1, 0.15) is 72.2 Å². The third kappa shape index (κ3) is 9.33. The van der Waals surface area contributed by atoms with Gasteiger partial charge in [-0.25, -0.2) is 0 Å². The first kappa shape index (κ1) is 56.7. The molecule has 4 heterocycles. The predicted octanol–water partition coefficient (Wildman–Crippen LogP) is 10.6. The number of hydrogen-bond acceptors (Lipinski definition) is 2. The molecule has 4 aliphatic rings. The Labute approximate surface area is 520 Å². The highest BCUT2D eigenvalue weighted by Gasteiger charge is 2.49. The lowest BCUT2D eigenvalue weighted by Gasteiger charge is -2.34. The van der Waals surface area contributed by atoms with E-state index in [2.05, 4.69) is 318 Å². The summed E-state index contributed by atoms with van der Waals surface area (Å²) >= 11 is 0. The average Bonchev–Trinajstić information content (AvgIpc) is 4.03. The second-order valence-corrected chi connectivity index (χ2v) is 24.1. The Morgan fingerprint density at radius 1 is 0.366 bits per heavy atom. The number of halogens is 2. The van der Waals surface area contributed by atoms with Crippen LogP contribution in [0.4, 0.5) is 22.7 Å². The van der Waals surface area contributed by atoms with E-state index in [1.54, 1.807) is 0 Å². The molecule has 0 fully saturated rings. The molecule has 82 heavy (non-hydrogen) atoms. The van der Waals surface area contributed by atoms with Gasteiger partial charge in [0.1, 0.15) is 14.1 Å². The minimum Gasteiger partial charge on any atom is -1.00 e. The summed E-state index contributed by atoms with van der Waals surface area (Å²) < 4.78 is 4.85. The van der Waals surface area contributed by atoms with Crippen molar-refractivity contribution in [2.24, 2.45) is 0 Å². The second-order valence-electron chi connectivity index (χ2n) is 24.1. The van der Waals surface area contributed by atoms with Crippen molar-refractivity contribution in [3.8, 4) is 0 Å². The molecule has 2 unspecified atom stereocenters. The predicted molar refractivity (Wildman–Crippen MR) is 337 cm³/mol. The molecule has 13 rings (SSSR count). The van der Waals surface area contributed by atoms with Crippen molar-refractivity contribution in [3.63, 3.8) is 0 Å². The lowest BCUT2D eigenvalue weighted by molar-refractivity contribution is -0.400. The highest BCUT2D eigenvalue weighted by Crippen LogP contribution is 2.54. The van der Waals surface area contributed by atoms with Gasteiger partial charge in [0.05, 0.1) is 21.6 Å². The molecule has 0 aliphatic carbocycles. The lowest BCUT2D eigenvalue weighted by atomic mass is 9.69. The van der Waals surface area contributed by atoms with Gasteiger partial charge in [-0.15, -0.1) is 0 Å². The zero-order chi connectivity index (χ0) is 55.0. The molecule has 6 heteroatoms. The molecule has 9 aromatic carbocycles. The van der Waals surface area contributed by atoms with Gasteiger partial charge in [0, 0.05) is 71.0 Å². The first-order valence-corrected chi connectivity index (χ1v) is 28.7. The first-order valence-electron chi connectivity index (χ1n) is 28.7. The number of nitrogens with zero attached hydrogens (tertiary/aromatic N) is 4. The van der Waals surface area contributed by atoms with E-state index in [1.165, 1.54) is 112 Å². The number of anilines is 2. The van der Waals surface area contributed by atoms with Gasteiger partial charge in [-0.05, 0) is 134 Å². The van der Waals surface area contributed by atoms with E-state index >= 15 is 0 Å². The van der Waals surface area contributed by atoms with Gasteiger partial charge < -0.3 is 57.8 Å². The average molecular weight is 1300 g/mol. The summed E-state index contributed by atoms with van der Waals surface area (Å²) in [6, 6.07) is 77.1. The monoisotopic (exact) mass is 1290 g/mol. The highest BCUT2D eigenvalue weighted by molar-refractivity contribution is 6.08. The fourth-order valence-corrected chi connectivity index (χ4v) is 15.0. The molecule has 410 valence electrons. The molecular formula is C76H72I2N4. The van der Waals surface area contributed by atoms with Crippen LogP contribution in [0.3, 0.4) is 0 Å². The van der Waals surface area contributed by atoms with Crippen LogP contribution < -0.4 is 57.8 Å². The number of fused-ring (bicyclic) bond motifs is 8. The molecule has 0 aromatic heterocycles. The Hall–Kier alpha value is -7.14. The molecule has 0 bridgehead atoms.